The molecule has 0 aliphatic carbocycles. The van der Waals surface area contributed by atoms with Crippen LogP contribution in [0.5, 0.6) is 23.0 Å². The summed E-state index contributed by atoms with van der Waals surface area (Å²) in [5.74, 6) is 0.00455. The Balaban J connectivity index is 1.91. The second-order valence-electron chi connectivity index (χ2n) is 11.7. The number of benzene rings is 3. The Bertz CT molecular complexity index is 1500. The number of hydrogen-bond acceptors (Lipinski definition) is 8. The largest absolute Gasteiger partial charge is 0.496 e. The third kappa shape index (κ3) is 7.76. The minimum absolute atomic E-state index is 0.00997. The number of rotatable bonds is 10. The Morgan fingerprint density at radius 2 is 1.12 bits per heavy atom. The van der Waals surface area contributed by atoms with Crippen molar-refractivity contribution >= 4 is 17.7 Å². The number of hydrogen-bond donors (Lipinski definition) is 1. The van der Waals surface area contributed by atoms with Gasteiger partial charge in [0, 0.05) is 5.56 Å². The predicted octanol–water partition coefficient (Wildman–Crippen LogP) is 5.79. The maximum atomic E-state index is 13.2. The fraction of sp³-hybridized carbons (Fsp3) is 0.382. The van der Waals surface area contributed by atoms with Crippen LogP contribution in [-0.4, -0.2) is 38.0 Å². The lowest BCUT2D eigenvalue weighted by Crippen LogP contribution is -2.42. The van der Waals surface area contributed by atoms with Crippen LogP contribution in [0.25, 0.3) is 0 Å². The number of nitrogens with two attached hydrogens (primary N) is 1. The van der Waals surface area contributed by atoms with Gasteiger partial charge >= 0.3 is 11.9 Å². The first-order valence-corrected chi connectivity index (χ1v) is 13.8. The molecular formula is C34H41NO7. The Kier molecular flexibility index (Phi) is 10.2. The molecule has 3 aromatic carbocycles. The zero-order chi connectivity index (χ0) is 31.4. The summed E-state index contributed by atoms with van der Waals surface area (Å²) in [7, 11) is 3.19. The average molecular weight is 576 g/mol. The summed E-state index contributed by atoms with van der Waals surface area (Å²) in [5, 5.41) is 0. The minimum atomic E-state index is -0.791. The summed E-state index contributed by atoms with van der Waals surface area (Å²) in [4.78, 5) is 39.3. The number of carbonyl (C=O) groups is 3. The summed E-state index contributed by atoms with van der Waals surface area (Å²) in [6.45, 7) is 13.2. The lowest BCUT2D eigenvalue weighted by atomic mass is 9.83. The van der Waals surface area contributed by atoms with E-state index < -0.39 is 23.4 Å². The molecule has 2 N–H and O–H groups in total. The maximum absolute atomic E-state index is 13.2. The lowest BCUT2D eigenvalue weighted by Gasteiger charge is -2.25. The number of methoxy groups -OCH3 is 2. The van der Waals surface area contributed by atoms with E-state index in [4.69, 9.17) is 24.7 Å². The van der Waals surface area contributed by atoms with Crippen LogP contribution in [0.15, 0.2) is 42.5 Å². The van der Waals surface area contributed by atoms with Crippen molar-refractivity contribution in [3.63, 3.8) is 0 Å². The van der Waals surface area contributed by atoms with Gasteiger partial charge in [-0.1, -0.05) is 32.9 Å². The van der Waals surface area contributed by atoms with Crippen molar-refractivity contribution in [3.05, 3.63) is 81.4 Å². The predicted molar refractivity (Wildman–Crippen MR) is 162 cm³/mol. The van der Waals surface area contributed by atoms with Gasteiger partial charge in [-0.3, -0.25) is 14.4 Å². The number of ketones is 1. The van der Waals surface area contributed by atoms with E-state index in [0.717, 1.165) is 44.9 Å². The molecule has 0 bridgehead atoms. The van der Waals surface area contributed by atoms with Crippen molar-refractivity contribution in [1.29, 1.82) is 0 Å². The van der Waals surface area contributed by atoms with Gasteiger partial charge < -0.3 is 24.7 Å². The monoisotopic (exact) mass is 575 g/mol. The van der Waals surface area contributed by atoms with Gasteiger partial charge in [-0.05, 0) is 96.8 Å². The molecule has 3 aromatic rings. The smallest absolute Gasteiger partial charge is 0.315 e. The van der Waals surface area contributed by atoms with Crippen molar-refractivity contribution < 1.29 is 33.3 Å². The molecule has 0 fully saturated rings. The molecule has 1 atom stereocenters. The Hall–Kier alpha value is -4.17. The normalized spacial score (nSPS) is 12.0. The third-order valence-electron chi connectivity index (χ3n) is 7.27. The van der Waals surface area contributed by atoms with Crippen LogP contribution < -0.4 is 24.7 Å². The lowest BCUT2D eigenvalue weighted by molar-refractivity contribution is -0.136. The van der Waals surface area contributed by atoms with Crippen LogP contribution in [0.4, 0.5) is 0 Å². The quantitative estimate of drug-likeness (QED) is 0.184. The SMILES string of the molecule is COc1cc(C)c(CC(=O)Oc2ccc(C(=O)C(N)C(C)(C)C)cc2OC(=O)Cc2cc(C)c(OC)cc2C)cc1C. The number of ether oxygens (including phenoxy) is 4. The van der Waals surface area contributed by atoms with Gasteiger partial charge in [-0.25, -0.2) is 0 Å². The van der Waals surface area contributed by atoms with Gasteiger partial charge in [0.25, 0.3) is 0 Å². The fourth-order valence-corrected chi connectivity index (χ4v) is 4.55. The summed E-state index contributed by atoms with van der Waals surface area (Å²) in [6.07, 6.45) is -0.0436. The molecule has 8 heteroatoms. The van der Waals surface area contributed by atoms with Crippen LogP contribution >= 0.6 is 0 Å². The molecule has 0 saturated heterocycles. The summed E-state index contributed by atoms with van der Waals surface area (Å²) >= 11 is 0. The molecule has 0 heterocycles. The summed E-state index contributed by atoms with van der Waals surface area (Å²) in [5.41, 5.74) is 11.1. The Morgan fingerprint density at radius 1 is 0.667 bits per heavy atom. The van der Waals surface area contributed by atoms with Gasteiger partial charge in [0.1, 0.15) is 11.5 Å². The molecule has 0 radical (unpaired) electrons. The molecule has 3 rings (SSSR count). The first-order chi connectivity index (χ1) is 19.6. The highest BCUT2D eigenvalue weighted by atomic mass is 16.6. The third-order valence-corrected chi connectivity index (χ3v) is 7.27. The van der Waals surface area contributed by atoms with E-state index in [1.807, 2.05) is 72.7 Å². The highest BCUT2D eigenvalue weighted by Gasteiger charge is 2.29. The van der Waals surface area contributed by atoms with Gasteiger partial charge in [0.15, 0.2) is 17.3 Å². The molecule has 8 nitrogen and oxygen atoms in total. The zero-order valence-electron chi connectivity index (χ0n) is 26.0. The van der Waals surface area contributed by atoms with E-state index in [0.29, 0.717) is 0 Å². The molecule has 0 spiro atoms. The number of carbonyl (C=O) groups excluding carboxylic acids is 3. The molecule has 0 aliphatic heterocycles. The summed E-state index contributed by atoms with van der Waals surface area (Å²) < 4.78 is 22.1. The highest BCUT2D eigenvalue weighted by Crippen LogP contribution is 2.32. The van der Waals surface area contributed by atoms with Crippen molar-refractivity contribution in [1.82, 2.24) is 0 Å². The molecule has 1 unspecified atom stereocenters. The second-order valence-corrected chi connectivity index (χ2v) is 11.7. The number of aryl methyl sites for hydroxylation is 4. The molecule has 0 amide bonds. The molecule has 0 aromatic heterocycles. The van der Waals surface area contributed by atoms with Gasteiger partial charge in [-0.15, -0.1) is 0 Å². The van der Waals surface area contributed by atoms with Gasteiger partial charge in [0.05, 0.1) is 33.1 Å². The van der Waals surface area contributed by atoms with Gasteiger partial charge in [0.2, 0.25) is 0 Å². The zero-order valence-corrected chi connectivity index (χ0v) is 26.0. The van der Waals surface area contributed by atoms with Crippen LogP contribution in [0.1, 0.15) is 64.5 Å². The van der Waals surface area contributed by atoms with E-state index in [1.54, 1.807) is 14.2 Å². The fourth-order valence-electron chi connectivity index (χ4n) is 4.55. The van der Waals surface area contributed by atoms with Crippen molar-refractivity contribution in [2.75, 3.05) is 14.2 Å². The van der Waals surface area contributed by atoms with E-state index in [1.165, 1.54) is 18.2 Å². The standard InChI is InChI=1S/C34H41NO7/c1-19-14-27(39-8)21(3)12-24(19)17-30(36)41-26-11-10-23(32(38)33(35)34(5,6)7)16-29(26)42-31(37)18-25-13-22(4)28(40-9)15-20(25)2/h10-16,33H,17-18,35H2,1-9H3. The van der Waals surface area contributed by atoms with Crippen LogP contribution in [0.3, 0.4) is 0 Å². The molecule has 42 heavy (non-hydrogen) atoms. The van der Waals surface area contributed by atoms with E-state index in [-0.39, 0.29) is 35.7 Å². The molecule has 224 valence electrons. The maximum Gasteiger partial charge on any atom is 0.315 e. The number of esters is 2. The topological polar surface area (TPSA) is 114 Å². The van der Waals surface area contributed by atoms with Crippen LogP contribution in [0.2, 0.25) is 0 Å². The molecular weight excluding hydrogens is 534 g/mol. The van der Waals surface area contributed by atoms with Crippen LogP contribution in [-0.2, 0) is 22.4 Å². The number of Topliss-reactive ketones (excluding diaryl/α,β-unsaturated/α-hetero) is 1. The summed E-state index contributed by atoms with van der Waals surface area (Å²) in [6, 6.07) is 11.1. The molecule has 0 saturated carbocycles. The van der Waals surface area contributed by atoms with E-state index in [2.05, 4.69) is 0 Å². The first-order valence-electron chi connectivity index (χ1n) is 13.8. The van der Waals surface area contributed by atoms with Crippen molar-refractivity contribution in [2.45, 2.75) is 67.3 Å². The van der Waals surface area contributed by atoms with E-state index >= 15 is 0 Å². The van der Waals surface area contributed by atoms with Crippen LogP contribution in [0, 0.1) is 33.1 Å². The minimum Gasteiger partial charge on any atom is -0.496 e. The van der Waals surface area contributed by atoms with Crippen molar-refractivity contribution in [3.8, 4) is 23.0 Å². The van der Waals surface area contributed by atoms with Gasteiger partial charge in [-0.2, -0.15) is 0 Å². The first kappa shape index (κ1) is 32.3. The Morgan fingerprint density at radius 3 is 1.55 bits per heavy atom. The van der Waals surface area contributed by atoms with E-state index in [9.17, 15) is 14.4 Å². The average Bonchev–Trinajstić information content (AvgIpc) is 2.91. The second kappa shape index (κ2) is 13.2. The Labute approximate surface area is 248 Å². The highest BCUT2D eigenvalue weighted by molar-refractivity contribution is 6.01. The van der Waals surface area contributed by atoms with Crippen molar-refractivity contribution in [2.24, 2.45) is 11.1 Å². The molecule has 0 aliphatic rings.